The van der Waals surface area contributed by atoms with Gasteiger partial charge in [-0.25, -0.2) is 4.98 Å². The van der Waals surface area contributed by atoms with E-state index in [9.17, 15) is 4.79 Å². The standard InChI is InChI=1S/C22H18N2O3/c1-15-6-2-4-8-19(15)26-14-21(25)23-17-12-10-16(11-13-17)22-24-18-7-3-5-9-20(18)27-22/h2-13H,14H2,1H3,(H,23,25). The molecule has 0 aliphatic rings. The van der Waals surface area contributed by atoms with Crippen LogP contribution >= 0.6 is 0 Å². The Morgan fingerprint density at radius 2 is 1.74 bits per heavy atom. The van der Waals surface area contributed by atoms with E-state index in [0.29, 0.717) is 17.3 Å². The van der Waals surface area contributed by atoms with Crippen LogP contribution in [0.2, 0.25) is 0 Å². The molecule has 0 fully saturated rings. The van der Waals surface area contributed by atoms with Crippen LogP contribution in [-0.4, -0.2) is 17.5 Å². The van der Waals surface area contributed by atoms with Crippen LogP contribution in [-0.2, 0) is 4.79 Å². The molecule has 1 N–H and O–H groups in total. The van der Waals surface area contributed by atoms with Gasteiger partial charge < -0.3 is 14.5 Å². The number of hydrogen-bond donors (Lipinski definition) is 1. The summed E-state index contributed by atoms with van der Waals surface area (Å²) in [6.07, 6.45) is 0. The van der Waals surface area contributed by atoms with Crippen LogP contribution in [0.1, 0.15) is 5.56 Å². The van der Waals surface area contributed by atoms with Crippen molar-refractivity contribution in [3.05, 3.63) is 78.4 Å². The SMILES string of the molecule is Cc1ccccc1OCC(=O)Nc1ccc(-c2nc3ccccc3o2)cc1. The zero-order valence-electron chi connectivity index (χ0n) is 14.8. The van der Waals surface area contributed by atoms with Crippen molar-refractivity contribution in [3.8, 4) is 17.2 Å². The maximum Gasteiger partial charge on any atom is 0.262 e. The molecule has 3 aromatic carbocycles. The Balaban J connectivity index is 1.40. The number of ether oxygens (including phenoxy) is 1. The van der Waals surface area contributed by atoms with Crippen molar-refractivity contribution in [3.63, 3.8) is 0 Å². The predicted molar refractivity (Wildman–Crippen MR) is 105 cm³/mol. The fraction of sp³-hybridized carbons (Fsp3) is 0.0909. The normalized spacial score (nSPS) is 10.7. The summed E-state index contributed by atoms with van der Waals surface area (Å²) in [5.41, 5.74) is 4.10. The smallest absolute Gasteiger partial charge is 0.262 e. The van der Waals surface area contributed by atoms with Crippen molar-refractivity contribution in [1.29, 1.82) is 0 Å². The first-order valence-corrected chi connectivity index (χ1v) is 8.63. The third kappa shape index (κ3) is 3.82. The largest absolute Gasteiger partial charge is 0.483 e. The maximum atomic E-state index is 12.1. The highest BCUT2D eigenvalue weighted by molar-refractivity contribution is 5.92. The van der Waals surface area contributed by atoms with Gasteiger partial charge in [-0.2, -0.15) is 0 Å². The lowest BCUT2D eigenvalue weighted by atomic mass is 10.2. The topological polar surface area (TPSA) is 64.4 Å². The van der Waals surface area contributed by atoms with Crippen molar-refractivity contribution >= 4 is 22.7 Å². The Hall–Kier alpha value is -3.60. The van der Waals surface area contributed by atoms with E-state index in [1.807, 2.05) is 79.7 Å². The molecule has 0 saturated heterocycles. The fourth-order valence-corrected chi connectivity index (χ4v) is 2.75. The number of nitrogens with zero attached hydrogens (tertiary/aromatic N) is 1. The van der Waals surface area contributed by atoms with E-state index in [1.165, 1.54) is 0 Å². The van der Waals surface area contributed by atoms with E-state index in [0.717, 1.165) is 22.2 Å². The minimum atomic E-state index is -0.215. The van der Waals surface area contributed by atoms with Crippen molar-refractivity contribution in [1.82, 2.24) is 4.98 Å². The fourth-order valence-electron chi connectivity index (χ4n) is 2.75. The van der Waals surface area contributed by atoms with Crippen LogP contribution in [0.4, 0.5) is 5.69 Å². The Kier molecular flexibility index (Phi) is 4.58. The molecule has 4 aromatic rings. The summed E-state index contributed by atoms with van der Waals surface area (Å²) in [4.78, 5) is 16.6. The molecular formula is C22H18N2O3. The first kappa shape index (κ1) is 16.8. The second-order valence-corrected chi connectivity index (χ2v) is 6.17. The van der Waals surface area contributed by atoms with E-state index in [4.69, 9.17) is 9.15 Å². The second-order valence-electron chi connectivity index (χ2n) is 6.17. The summed E-state index contributed by atoms with van der Waals surface area (Å²) in [6, 6.07) is 22.6. The Bertz CT molecular complexity index is 1050. The van der Waals surface area contributed by atoms with E-state index in [-0.39, 0.29) is 12.5 Å². The summed E-state index contributed by atoms with van der Waals surface area (Å²) in [6.45, 7) is 1.90. The zero-order valence-corrected chi connectivity index (χ0v) is 14.8. The number of oxazole rings is 1. The molecule has 0 bridgehead atoms. The van der Waals surface area contributed by atoms with Gasteiger partial charge in [0.1, 0.15) is 11.3 Å². The van der Waals surface area contributed by atoms with Crippen molar-refractivity contribution in [2.45, 2.75) is 6.92 Å². The highest BCUT2D eigenvalue weighted by Gasteiger charge is 2.09. The van der Waals surface area contributed by atoms with Crippen molar-refractivity contribution < 1.29 is 13.9 Å². The summed E-state index contributed by atoms with van der Waals surface area (Å²) in [7, 11) is 0. The van der Waals surface area contributed by atoms with Crippen LogP contribution < -0.4 is 10.1 Å². The lowest BCUT2D eigenvalue weighted by molar-refractivity contribution is -0.118. The molecule has 1 heterocycles. The second kappa shape index (κ2) is 7.33. The van der Waals surface area contributed by atoms with Gasteiger partial charge >= 0.3 is 0 Å². The molecule has 0 unspecified atom stereocenters. The molecule has 4 rings (SSSR count). The minimum Gasteiger partial charge on any atom is -0.483 e. The Morgan fingerprint density at radius 3 is 2.52 bits per heavy atom. The highest BCUT2D eigenvalue weighted by Crippen LogP contribution is 2.25. The molecule has 0 aliphatic carbocycles. The maximum absolute atomic E-state index is 12.1. The van der Waals surface area contributed by atoms with Gasteiger partial charge in [0.05, 0.1) is 0 Å². The third-order valence-corrected chi connectivity index (χ3v) is 4.16. The van der Waals surface area contributed by atoms with Crippen LogP contribution in [0.5, 0.6) is 5.75 Å². The Labute approximate surface area is 156 Å². The van der Waals surface area contributed by atoms with Gasteiger partial charge in [0.25, 0.3) is 5.91 Å². The van der Waals surface area contributed by atoms with Gasteiger partial charge in [-0.15, -0.1) is 0 Å². The first-order chi connectivity index (χ1) is 13.2. The summed E-state index contributed by atoms with van der Waals surface area (Å²) in [5.74, 6) is 1.05. The highest BCUT2D eigenvalue weighted by atomic mass is 16.5. The minimum absolute atomic E-state index is 0.0439. The van der Waals surface area contributed by atoms with E-state index in [1.54, 1.807) is 0 Å². The van der Waals surface area contributed by atoms with E-state index in [2.05, 4.69) is 10.3 Å². The number of anilines is 1. The number of hydrogen-bond acceptors (Lipinski definition) is 4. The summed E-state index contributed by atoms with van der Waals surface area (Å²) < 4.78 is 11.3. The first-order valence-electron chi connectivity index (χ1n) is 8.63. The number of aryl methyl sites for hydroxylation is 1. The molecule has 1 aromatic heterocycles. The number of fused-ring (bicyclic) bond motifs is 1. The number of para-hydroxylation sites is 3. The number of rotatable bonds is 5. The zero-order chi connectivity index (χ0) is 18.6. The molecule has 5 heteroatoms. The summed E-state index contributed by atoms with van der Waals surface area (Å²) in [5, 5.41) is 2.82. The molecule has 0 saturated carbocycles. The van der Waals surface area contributed by atoms with Gasteiger partial charge in [0.2, 0.25) is 5.89 Å². The number of aromatic nitrogens is 1. The lowest BCUT2D eigenvalue weighted by Gasteiger charge is -2.09. The van der Waals surface area contributed by atoms with Gasteiger partial charge in [-0.05, 0) is 55.0 Å². The molecule has 1 amide bonds. The molecule has 0 spiro atoms. The van der Waals surface area contributed by atoms with Crippen LogP contribution in [0.3, 0.4) is 0 Å². The monoisotopic (exact) mass is 358 g/mol. The number of carbonyl (C=O) groups is 1. The van der Waals surface area contributed by atoms with Gasteiger partial charge in [0.15, 0.2) is 12.2 Å². The quantitative estimate of drug-likeness (QED) is 0.555. The number of carbonyl (C=O) groups excluding carboxylic acids is 1. The predicted octanol–water partition coefficient (Wildman–Crippen LogP) is 4.82. The van der Waals surface area contributed by atoms with Crippen LogP contribution in [0.25, 0.3) is 22.6 Å². The Morgan fingerprint density at radius 1 is 1.00 bits per heavy atom. The number of benzene rings is 3. The lowest BCUT2D eigenvalue weighted by Crippen LogP contribution is -2.20. The summed E-state index contributed by atoms with van der Waals surface area (Å²) >= 11 is 0. The van der Waals surface area contributed by atoms with Crippen LogP contribution in [0.15, 0.2) is 77.2 Å². The molecule has 0 aliphatic heterocycles. The van der Waals surface area contributed by atoms with Crippen LogP contribution in [0, 0.1) is 6.92 Å². The van der Waals surface area contributed by atoms with E-state index < -0.39 is 0 Å². The van der Waals surface area contributed by atoms with E-state index >= 15 is 0 Å². The number of amides is 1. The average Bonchev–Trinajstić information content (AvgIpc) is 3.12. The molecule has 27 heavy (non-hydrogen) atoms. The van der Waals surface area contributed by atoms with Gasteiger partial charge in [0, 0.05) is 11.3 Å². The molecular weight excluding hydrogens is 340 g/mol. The molecule has 5 nitrogen and oxygen atoms in total. The van der Waals surface area contributed by atoms with Gasteiger partial charge in [-0.1, -0.05) is 30.3 Å². The molecule has 134 valence electrons. The van der Waals surface area contributed by atoms with Crippen molar-refractivity contribution in [2.75, 3.05) is 11.9 Å². The third-order valence-electron chi connectivity index (χ3n) is 4.16. The molecule has 0 radical (unpaired) electrons. The van der Waals surface area contributed by atoms with Gasteiger partial charge in [-0.3, -0.25) is 4.79 Å². The average molecular weight is 358 g/mol. The molecule has 0 atom stereocenters. The number of nitrogens with one attached hydrogen (secondary N) is 1. The van der Waals surface area contributed by atoms with Crippen molar-refractivity contribution in [2.24, 2.45) is 0 Å².